The van der Waals surface area contributed by atoms with E-state index in [2.05, 4.69) is 15.0 Å². The van der Waals surface area contributed by atoms with Gasteiger partial charge in [0.05, 0.1) is 40.6 Å². The second kappa shape index (κ2) is 16.4. The first-order valence-corrected chi connectivity index (χ1v) is 22.9. The summed E-state index contributed by atoms with van der Waals surface area (Å²) in [6, 6.07) is 1.13. The molecule has 18 heteroatoms. The van der Waals surface area contributed by atoms with Crippen LogP contribution in [0.2, 0.25) is 0 Å². The van der Waals surface area contributed by atoms with E-state index in [-0.39, 0.29) is 73.1 Å². The van der Waals surface area contributed by atoms with Crippen LogP contribution in [-0.4, -0.2) is 82.1 Å². The summed E-state index contributed by atoms with van der Waals surface area (Å²) in [6.45, 7) is 1.57. The summed E-state index contributed by atoms with van der Waals surface area (Å²) in [5.41, 5.74) is -3.42. The molecule has 1 saturated heterocycles. The number of allylic oxidation sites excluding steroid dienone is 2. The van der Waals surface area contributed by atoms with Crippen LogP contribution in [0.1, 0.15) is 109 Å². The van der Waals surface area contributed by atoms with Gasteiger partial charge in [0.1, 0.15) is 23.8 Å². The zero-order valence-corrected chi connectivity index (χ0v) is 34.4. The summed E-state index contributed by atoms with van der Waals surface area (Å²) in [5.74, 6) is -3.82. The molecule has 0 spiro atoms. The van der Waals surface area contributed by atoms with Crippen molar-refractivity contribution in [3.8, 4) is 6.01 Å². The third-order valence-electron chi connectivity index (χ3n) is 13.6. The van der Waals surface area contributed by atoms with E-state index in [1.807, 2.05) is 13.0 Å². The van der Waals surface area contributed by atoms with Crippen molar-refractivity contribution in [3.63, 3.8) is 0 Å². The van der Waals surface area contributed by atoms with Crippen LogP contribution in [0.25, 0.3) is 10.9 Å². The van der Waals surface area contributed by atoms with Gasteiger partial charge in [-0.15, -0.1) is 0 Å². The maximum atomic E-state index is 14.9. The molecule has 3 amide bonds. The number of benzene rings is 1. The molecule has 8 rings (SSSR count). The Morgan fingerprint density at radius 1 is 0.967 bits per heavy atom. The Labute approximate surface area is 346 Å². The Morgan fingerprint density at radius 2 is 1.72 bits per heavy atom. The number of halogens is 3. The lowest BCUT2D eigenvalue weighted by Crippen LogP contribution is -2.57. The molecule has 7 atom stereocenters. The van der Waals surface area contributed by atoms with Gasteiger partial charge in [0.15, 0.2) is 0 Å². The van der Waals surface area contributed by atoms with E-state index in [1.54, 1.807) is 6.08 Å². The summed E-state index contributed by atoms with van der Waals surface area (Å²) in [7, 11) is -3.95. The first-order valence-electron chi connectivity index (χ1n) is 21.4. The molecular weight excluding hydrogens is 808 g/mol. The van der Waals surface area contributed by atoms with Gasteiger partial charge in [-0.1, -0.05) is 38.3 Å². The zero-order valence-electron chi connectivity index (χ0n) is 33.6. The number of carbonyl (C=O) groups is 4. The van der Waals surface area contributed by atoms with Crippen molar-refractivity contribution in [1.82, 2.24) is 24.5 Å². The fraction of sp³-hybridized carbons (Fsp3) is 0.667. The number of rotatable bonds is 7. The van der Waals surface area contributed by atoms with Gasteiger partial charge in [0.2, 0.25) is 21.8 Å². The van der Waals surface area contributed by atoms with Gasteiger partial charge in [-0.3, -0.25) is 33.3 Å². The van der Waals surface area contributed by atoms with Crippen molar-refractivity contribution in [1.29, 1.82) is 0 Å². The Hall–Kier alpha value is -4.48. The Bertz CT molecular complexity index is 2240. The minimum atomic E-state index is -4.71. The third kappa shape index (κ3) is 8.53. The van der Waals surface area contributed by atoms with Gasteiger partial charge in [0.25, 0.3) is 17.5 Å². The molecule has 2 N–H and O–H groups in total. The van der Waals surface area contributed by atoms with Gasteiger partial charge in [-0.05, 0) is 100 Å². The lowest BCUT2D eigenvalue weighted by atomic mass is 9.86. The van der Waals surface area contributed by atoms with E-state index in [9.17, 15) is 45.6 Å². The molecule has 0 radical (unpaired) electrons. The number of aromatic nitrogens is 2. The molecule has 326 valence electrons. The molecule has 5 fully saturated rings. The van der Waals surface area contributed by atoms with Gasteiger partial charge >= 0.3 is 12.1 Å². The summed E-state index contributed by atoms with van der Waals surface area (Å²) in [6.07, 6.45) is 5.60. The average Bonchev–Trinajstić information content (AvgIpc) is 3.99. The van der Waals surface area contributed by atoms with Crippen molar-refractivity contribution in [2.24, 2.45) is 23.7 Å². The van der Waals surface area contributed by atoms with E-state index in [0.29, 0.717) is 51.4 Å². The van der Waals surface area contributed by atoms with Crippen LogP contribution >= 0.6 is 0 Å². The number of carbonyl (C=O) groups excluding carboxylic acids is 4. The monoisotopic (exact) mass is 859 g/mol. The minimum Gasteiger partial charge on any atom is -0.462 e. The Kier molecular flexibility index (Phi) is 11.6. The summed E-state index contributed by atoms with van der Waals surface area (Å²) in [4.78, 5) is 76.5. The van der Waals surface area contributed by atoms with Crippen LogP contribution in [0.4, 0.5) is 13.2 Å². The highest BCUT2D eigenvalue weighted by molar-refractivity contribution is 7.91. The number of alkyl halides is 3. The summed E-state index contributed by atoms with van der Waals surface area (Å²) < 4.78 is 82.8. The first kappa shape index (κ1) is 42.2. The molecule has 4 aliphatic carbocycles. The van der Waals surface area contributed by atoms with Gasteiger partial charge in [-0.2, -0.15) is 18.2 Å². The number of fused-ring (bicyclic) bond motifs is 5. The number of hydrogen-bond donors (Lipinski definition) is 2. The summed E-state index contributed by atoms with van der Waals surface area (Å²) >= 11 is 0. The molecule has 1 aromatic heterocycles. The number of amides is 3. The van der Waals surface area contributed by atoms with E-state index in [1.165, 1.54) is 9.47 Å². The number of hydrogen-bond acceptors (Lipinski definition) is 10. The van der Waals surface area contributed by atoms with E-state index in [4.69, 9.17) is 9.47 Å². The molecule has 2 aromatic rings. The van der Waals surface area contributed by atoms with Gasteiger partial charge in [-0.25, -0.2) is 8.42 Å². The highest BCUT2D eigenvalue weighted by atomic mass is 32.2. The van der Waals surface area contributed by atoms with Crippen molar-refractivity contribution >= 4 is 44.6 Å². The van der Waals surface area contributed by atoms with E-state index >= 15 is 0 Å². The second-order valence-corrected chi connectivity index (χ2v) is 19.6. The maximum Gasteiger partial charge on any atom is 0.416 e. The Balaban J connectivity index is 1.16. The van der Waals surface area contributed by atoms with Crippen molar-refractivity contribution in [2.45, 2.75) is 145 Å². The quantitative estimate of drug-likeness (QED) is 0.287. The Morgan fingerprint density at radius 3 is 2.42 bits per heavy atom. The highest BCUT2D eigenvalue weighted by Gasteiger charge is 2.62. The maximum absolute atomic E-state index is 14.9. The van der Waals surface area contributed by atoms with E-state index < -0.39 is 79.9 Å². The van der Waals surface area contributed by atoms with Crippen LogP contribution in [0.15, 0.2) is 35.1 Å². The van der Waals surface area contributed by atoms with Crippen molar-refractivity contribution in [2.75, 3.05) is 6.54 Å². The molecule has 1 aromatic carbocycles. The van der Waals surface area contributed by atoms with Crippen LogP contribution in [0.3, 0.4) is 0 Å². The molecule has 2 aliphatic heterocycles. The predicted molar refractivity (Wildman–Crippen MR) is 211 cm³/mol. The number of nitrogens with zero attached hydrogens (tertiary/aromatic N) is 3. The van der Waals surface area contributed by atoms with Gasteiger partial charge in [0, 0.05) is 13.0 Å². The minimum absolute atomic E-state index is 0.0377. The standard InChI is InChI=1S/C42H52F3N5O9S/c1-2-26-22-41(26,39(55)48-60(56,57)29-15-16-29)47-36(52)33-20-28-23-50(33)38(54)31(24-9-5-6-10-24)21-35(51)59-34-13-8-12-25(34)11-4-3-7-18-49-37(53)30-17-14-27(42(43,44)45)19-32(30)46-40(49)58-28/h3,7,14,17,19,24-26,28-29,31,33-34H,2,4-6,8-13,15-16,18,20-23H2,1H3,(H,47,52)(H,48,55)/b7-3+/t25-,26+,28-,31+,33+,34-,41-/m1/s1. The van der Waals surface area contributed by atoms with Crippen LogP contribution < -0.4 is 20.3 Å². The van der Waals surface area contributed by atoms with Crippen molar-refractivity contribution < 1.29 is 50.2 Å². The smallest absolute Gasteiger partial charge is 0.416 e. The largest absolute Gasteiger partial charge is 0.462 e. The molecule has 60 heavy (non-hydrogen) atoms. The fourth-order valence-electron chi connectivity index (χ4n) is 9.97. The SMILES string of the molecule is CC[C@H]1C[C@]1(NC(=O)[C@@H]1C[C@@H]2CN1C(=O)[C@H](C1CCCC1)CC(=O)O[C@@H]1CCC[C@H]1CC/C=C/Cn1c(nc3cc(C(F)(F)F)ccc3c1=O)O2)C(=O)NS(=O)(=O)C1CC1. The van der Waals surface area contributed by atoms with Crippen LogP contribution in [-0.2, 0) is 46.7 Å². The summed E-state index contributed by atoms with van der Waals surface area (Å²) in [5, 5.41) is 2.09. The fourth-order valence-corrected chi connectivity index (χ4v) is 11.3. The molecule has 2 bridgehead atoms. The molecule has 6 aliphatic rings. The normalized spacial score (nSPS) is 31.0. The number of ether oxygens (including phenoxy) is 2. The first-order chi connectivity index (χ1) is 28.6. The predicted octanol–water partition coefficient (Wildman–Crippen LogP) is 4.92. The molecular formula is C42H52F3N5O9S. The lowest BCUT2D eigenvalue weighted by Gasteiger charge is -2.32. The molecule has 14 nitrogen and oxygen atoms in total. The van der Waals surface area contributed by atoms with Gasteiger partial charge < -0.3 is 19.7 Å². The highest BCUT2D eigenvalue weighted by Crippen LogP contribution is 2.47. The lowest BCUT2D eigenvalue weighted by molar-refractivity contribution is -0.156. The zero-order chi connectivity index (χ0) is 42.6. The topological polar surface area (TPSA) is 183 Å². The number of sulfonamides is 1. The van der Waals surface area contributed by atoms with Crippen LogP contribution in [0.5, 0.6) is 6.01 Å². The molecule has 4 saturated carbocycles. The number of esters is 1. The number of nitrogens with one attached hydrogen (secondary N) is 2. The third-order valence-corrected chi connectivity index (χ3v) is 15.4. The van der Waals surface area contributed by atoms with Crippen molar-refractivity contribution in [3.05, 3.63) is 46.3 Å². The van der Waals surface area contributed by atoms with E-state index in [0.717, 1.165) is 43.9 Å². The molecule has 3 heterocycles. The molecule has 0 unspecified atom stereocenters. The average molecular weight is 860 g/mol. The second-order valence-electron chi connectivity index (χ2n) is 17.6. The van der Waals surface area contributed by atoms with Crippen LogP contribution in [0, 0.1) is 23.7 Å².